The normalized spacial score (nSPS) is 12.7. The molecule has 0 unspecified atom stereocenters. The van der Waals surface area contributed by atoms with Crippen LogP contribution >= 0.6 is 11.8 Å². The third kappa shape index (κ3) is 22.7. The van der Waals surface area contributed by atoms with Gasteiger partial charge in [0, 0.05) is 38.4 Å². The van der Waals surface area contributed by atoms with E-state index < -0.39 is 14.2 Å². The number of ether oxygens (including phenoxy) is 2. The summed E-state index contributed by atoms with van der Waals surface area (Å²) in [6.45, 7) is 23.0. The number of benzene rings is 5. The summed E-state index contributed by atoms with van der Waals surface area (Å²) in [5.41, 5.74) is 12.9. The van der Waals surface area contributed by atoms with E-state index in [0.717, 1.165) is 94.6 Å². The molecule has 408 valence electrons. The molecule has 74 heavy (non-hydrogen) atoms. The van der Waals surface area contributed by atoms with Crippen LogP contribution in [0.25, 0.3) is 0 Å². The van der Waals surface area contributed by atoms with Gasteiger partial charge in [-0.1, -0.05) is 154 Å². The number of thioether (sulfide) groups is 1. The molecule has 0 aromatic heterocycles. The highest BCUT2D eigenvalue weighted by Crippen LogP contribution is 2.20. The zero-order chi connectivity index (χ0) is 55.5. The standard InChI is InChI=1S/C10H14BNO.C9H11BO2.C8H9BO3.C8H9BO2S.C8H9BO.C3H8O.5C2H6.CH4/c1-12(2)9-4-3-8-5-6-11(13)10(8)7-9;11-6-8-3-1-2-7-4-5-10(12)9(7)8;1-11-7-3-2-6-5-12-9(10)8(6)4-7;1-12-7-3-2-6-5-11-9(10)8(6)4-7;10-9-6-5-7-3-1-2-4-8(7)9;1-3-4-2;5*1-2;/h3-4,7,13H,5-6H2,1-2H3;1-3,11-12H,4-6H2;2*2-4,10H,5H2,1H3;1-4,10H,5-6H2;3H2,1-2H3;5*1-2H3;1H4. The van der Waals surface area contributed by atoms with Crippen LogP contribution < -0.4 is 37.0 Å². The quantitative estimate of drug-likeness (QED) is 0.0750. The van der Waals surface area contributed by atoms with Crippen LogP contribution in [-0.4, -0.2) is 106 Å². The molecule has 5 aromatic carbocycles. The summed E-state index contributed by atoms with van der Waals surface area (Å²) in [6, 6.07) is 31.9. The summed E-state index contributed by atoms with van der Waals surface area (Å²) in [7, 11) is 5.82. The van der Waals surface area contributed by atoms with E-state index in [2.05, 4.69) is 33.9 Å². The average molecular weight is 1040 g/mol. The van der Waals surface area contributed by atoms with Gasteiger partial charge in [-0.05, 0) is 132 Å². The predicted molar refractivity (Wildman–Crippen MR) is 325 cm³/mol. The van der Waals surface area contributed by atoms with Crippen molar-refractivity contribution in [2.24, 2.45) is 0 Å². The van der Waals surface area contributed by atoms with E-state index in [1.807, 2.05) is 163 Å². The van der Waals surface area contributed by atoms with Crippen molar-refractivity contribution in [3.63, 3.8) is 0 Å². The van der Waals surface area contributed by atoms with Gasteiger partial charge in [0.2, 0.25) is 0 Å². The van der Waals surface area contributed by atoms with Crippen LogP contribution in [0.3, 0.4) is 0 Å². The molecule has 5 aliphatic rings. The largest absolute Gasteiger partial charge is 0.497 e. The Morgan fingerprint density at radius 2 is 1.03 bits per heavy atom. The molecule has 0 saturated heterocycles. The first-order chi connectivity index (χ1) is 35.4. The van der Waals surface area contributed by atoms with Gasteiger partial charge in [-0.15, -0.1) is 11.8 Å². The Kier molecular flexibility index (Phi) is 41.1. The summed E-state index contributed by atoms with van der Waals surface area (Å²) >= 11 is 1.67. The second-order valence-electron chi connectivity index (χ2n) is 15.8. The molecule has 0 aliphatic carbocycles. The lowest BCUT2D eigenvalue weighted by Crippen LogP contribution is -2.29. The number of aliphatic hydroxyl groups excluding tert-OH is 1. The van der Waals surface area contributed by atoms with Crippen LogP contribution in [0.2, 0.25) is 19.0 Å². The van der Waals surface area contributed by atoms with Crippen molar-refractivity contribution in [3.05, 3.63) is 130 Å². The van der Waals surface area contributed by atoms with Gasteiger partial charge in [0.1, 0.15) is 5.75 Å². The lowest BCUT2D eigenvalue weighted by Gasteiger charge is -2.14. The molecule has 10 rings (SSSR count). The van der Waals surface area contributed by atoms with Gasteiger partial charge in [0.05, 0.1) is 26.9 Å². The number of methoxy groups -OCH3 is 2. The lowest BCUT2D eigenvalue weighted by molar-refractivity contribution is 0.215. The third-order valence-electron chi connectivity index (χ3n) is 11.6. The van der Waals surface area contributed by atoms with Crippen LogP contribution in [0.15, 0.2) is 102 Å². The number of hydrogen-bond acceptors (Lipinski definition) is 12. The second kappa shape index (κ2) is 42.2. The molecule has 5 aromatic rings. The zero-order valence-electron chi connectivity index (χ0n) is 47.4. The highest BCUT2D eigenvalue weighted by molar-refractivity contribution is 7.98. The summed E-state index contributed by atoms with van der Waals surface area (Å²) in [5, 5.41) is 56.3. The summed E-state index contributed by atoms with van der Waals surface area (Å²) in [4.78, 5) is 3.23. The Hall–Kier alpha value is -3.99. The molecule has 0 bridgehead atoms. The Balaban J connectivity index is 0. The van der Waals surface area contributed by atoms with E-state index in [4.69, 9.17) is 19.2 Å². The van der Waals surface area contributed by atoms with Gasteiger partial charge >= 0.3 is 35.0 Å². The van der Waals surface area contributed by atoms with Crippen molar-refractivity contribution in [1.82, 2.24) is 0 Å². The highest BCUT2D eigenvalue weighted by Gasteiger charge is 2.29. The van der Waals surface area contributed by atoms with Crippen LogP contribution in [0, 0.1) is 0 Å². The topological polar surface area (TPSA) is 162 Å². The number of nitrogens with zero attached hydrogens (tertiary/aromatic N) is 1. The zero-order valence-corrected chi connectivity index (χ0v) is 48.2. The molecule has 6 N–H and O–H groups in total. The van der Waals surface area contributed by atoms with Crippen LogP contribution in [0.4, 0.5) is 5.69 Å². The van der Waals surface area contributed by atoms with Gasteiger partial charge in [-0.3, -0.25) is 0 Å². The maximum atomic E-state index is 9.67. The van der Waals surface area contributed by atoms with Crippen molar-refractivity contribution in [2.45, 2.75) is 147 Å². The summed E-state index contributed by atoms with van der Waals surface area (Å²) < 4.78 is 19.7. The Bertz CT molecular complexity index is 2160. The first-order valence-electron chi connectivity index (χ1n) is 26.5. The van der Waals surface area contributed by atoms with Crippen molar-refractivity contribution in [1.29, 1.82) is 0 Å². The monoisotopic (exact) mass is 1040 g/mol. The van der Waals surface area contributed by atoms with E-state index >= 15 is 0 Å². The molecule has 0 spiro atoms. The number of rotatable bonds is 5. The summed E-state index contributed by atoms with van der Waals surface area (Å²) in [6.07, 6.45) is 7.59. The molecule has 0 saturated carbocycles. The maximum Gasteiger partial charge on any atom is 0.491 e. The number of fused-ring (bicyclic) bond motifs is 5. The smallest absolute Gasteiger partial charge is 0.491 e. The molecule has 17 heteroatoms. The van der Waals surface area contributed by atoms with Gasteiger partial charge < -0.3 is 53.9 Å². The fourth-order valence-electron chi connectivity index (χ4n) is 7.91. The lowest BCUT2D eigenvalue weighted by atomic mass is 9.61. The molecular weight excluding hydrogens is 945 g/mol. The Morgan fingerprint density at radius 1 is 0.554 bits per heavy atom. The van der Waals surface area contributed by atoms with Crippen LogP contribution in [0.5, 0.6) is 5.75 Å². The molecule has 11 nitrogen and oxygen atoms in total. The molecule has 0 fully saturated rings. The fourth-order valence-corrected chi connectivity index (χ4v) is 8.36. The van der Waals surface area contributed by atoms with E-state index in [9.17, 15) is 25.1 Å². The van der Waals surface area contributed by atoms with Crippen molar-refractivity contribution < 1.29 is 49.0 Å². The minimum Gasteiger partial charge on any atom is -0.497 e. The predicted octanol–water partition coefficient (Wildman–Crippen LogP) is 7.82. The van der Waals surface area contributed by atoms with Crippen LogP contribution in [0.1, 0.15) is 117 Å². The van der Waals surface area contributed by atoms with Gasteiger partial charge in [-0.25, -0.2) is 0 Å². The minimum absolute atomic E-state index is 0. The van der Waals surface area contributed by atoms with Crippen LogP contribution in [-0.2, 0) is 53.1 Å². The first-order valence-corrected chi connectivity index (χ1v) is 27.7. The SMILES string of the molecule is C.CC.CC.CC.CC.CC.CCOC.CN(C)c1ccc2c(c1)B(O)CC2.COc1ccc2c(c1)B(O)OC2.CSc1ccc2c(c1)B(O)OC2.OB1CCc2ccccc21.OCc1cccc2c1B(O)CC2. The maximum absolute atomic E-state index is 9.67. The number of aliphatic hydroxyl groups is 1. The van der Waals surface area contributed by atoms with E-state index in [1.54, 1.807) is 32.0 Å². The van der Waals surface area contributed by atoms with E-state index in [-0.39, 0.29) is 34.8 Å². The molecule has 5 heterocycles. The highest BCUT2D eigenvalue weighted by atomic mass is 32.2. The Labute approximate surface area is 455 Å². The number of hydrogen-bond donors (Lipinski definition) is 6. The van der Waals surface area contributed by atoms with E-state index in [1.165, 1.54) is 27.3 Å². The van der Waals surface area contributed by atoms with Crippen molar-refractivity contribution in [2.75, 3.05) is 46.1 Å². The van der Waals surface area contributed by atoms with Gasteiger partial charge in [0.25, 0.3) is 0 Å². The van der Waals surface area contributed by atoms with E-state index in [0.29, 0.717) is 13.2 Å². The summed E-state index contributed by atoms with van der Waals surface area (Å²) in [5.74, 6) is 0.748. The first kappa shape index (κ1) is 72.1. The van der Waals surface area contributed by atoms with Crippen molar-refractivity contribution >= 4 is 79.7 Å². The number of aryl methyl sites for hydroxylation is 3. The van der Waals surface area contributed by atoms with Crippen molar-refractivity contribution in [3.8, 4) is 5.75 Å². The molecule has 0 amide bonds. The second-order valence-corrected chi connectivity index (χ2v) is 16.7. The molecular formula is C57H94B5NO10S. The fraction of sp³-hybridized carbons (Fsp3) is 0.474. The van der Waals surface area contributed by atoms with Gasteiger partial charge in [0.15, 0.2) is 0 Å². The molecule has 0 atom stereocenters. The van der Waals surface area contributed by atoms with Gasteiger partial charge in [-0.2, -0.15) is 0 Å². The Morgan fingerprint density at radius 3 is 1.54 bits per heavy atom. The minimum atomic E-state index is -0.782. The average Bonchev–Trinajstić information content (AvgIpc) is 4.31. The third-order valence-corrected chi connectivity index (χ3v) is 12.3. The number of anilines is 1. The molecule has 5 aliphatic heterocycles. The molecule has 0 radical (unpaired) electrons.